The van der Waals surface area contributed by atoms with Crippen molar-refractivity contribution >= 4 is 35.2 Å². The number of nitrogens with zero attached hydrogens (tertiary/aromatic N) is 7. The fourth-order valence-corrected chi connectivity index (χ4v) is 4.66. The van der Waals surface area contributed by atoms with Gasteiger partial charge in [-0.15, -0.1) is 0 Å². The number of anilines is 6. The average molecular weight is 578 g/mol. The van der Waals surface area contributed by atoms with Gasteiger partial charge >= 0.3 is 0 Å². The van der Waals surface area contributed by atoms with Gasteiger partial charge < -0.3 is 31.6 Å². The van der Waals surface area contributed by atoms with Gasteiger partial charge in [-0.05, 0) is 54.8 Å². The Kier molecular flexibility index (Phi) is 7.78. The van der Waals surface area contributed by atoms with Gasteiger partial charge in [0.2, 0.25) is 30.6 Å². The monoisotopic (exact) mass is 577 g/mol. The predicted octanol–water partition coefficient (Wildman–Crippen LogP) is 4.26. The summed E-state index contributed by atoms with van der Waals surface area (Å²) in [4.78, 5) is 28.8. The molecule has 0 bridgehead atoms. The first-order valence-corrected chi connectivity index (χ1v) is 13.6. The van der Waals surface area contributed by atoms with Crippen molar-refractivity contribution < 1.29 is 9.47 Å². The molecule has 0 spiro atoms. The molecule has 3 aromatic carbocycles. The van der Waals surface area contributed by atoms with E-state index in [2.05, 4.69) is 45.4 Å². The van der Waals surface area contributed by atoms with Crippen molar-refractivity contribution in [3.8, 4) is 11.5 Å². The molecule has 2 aromatic heterocycles. The smallest absolute Gasteiger partial charge is 0.232 e. The lowest BCUT2D eigenvalue weighted by Crippen LogP contribution is -2.26. The largest absolute Gasteiger partial charge is 0.454 e. The molecule has 218 valence electrons. The molecule has 1 aliphatic rings. The summed E-state index contributed by atoms with van der Waals surface area (Å²) < 4.78 is 11.1. The zero-order valence-corrected chi connectivity index (χ0v) is 23.8. The Morgan fingerprint density at radius 3 is 1.74 bits per heavy atom. The fourth-order valence-electron chi connectivity index (χ4n) is 4.66. The van der Waals surface area contributed by atoms with Gasteiger partial charge in [0.1, 0.15) is 11.6 Å². The molecule has 13 nitrogen and oxygen atoms in total. The summed E-state index contributed by atoms with van der Waals surface area (Å²) in [5.41, 5.74) is 17.1. The van der Waals surface area contributed by atoms with Crippen molar-refractivity contribution in [2.24, 2.45) is 0 Å². The molecule has 3 heterocycles. The number of fused-ring (bicyclic) bond motifs is 1. The summed E-state index contributed by atoms with van der Waals surface area (Å²) in [6.45, 7) is 5.33. The number of nitrogen functional groups attached to an aromatic ring is 2. The Hall–Kier alpha value is -5.56. The lowest BCUT2D eigenvalue weighted by molar-refractivity contribution is 0.174. The van der Waals surface area contributed by atoms with E-state index in [0.29, 0.717) is 54.7 Å². The molecule has 0 unspecified atom stereocenters. The average Bonchev–Trinajstić information content (AvgIpc) is 3.43. The van der Waals surface area contributed by atoms with Crippen LogP contribution in [-0.4, -0.2) is 41.6 Å². The first-order valence-electron chi connectivity index (χ1n) is 13.6. The second kappa shape index (κ2) is 12.1. The van der Waals surface area contributed by atoms with E-state index in [0.717, 1.165) is 28.1 Å². The maximum atomic E-state index is 6.11. The Balaban J connectivity index is 1.28. The molecular formula is C30H31N11O2. The van der Waals surface area contributed by atoms with Crippen LogP contribution in [0, 0.1) is 13.8 Å². The third-order valence-electron chi connectivity index (χ3n) is 6.75. The van der Waals surface area contributed by atoms with E-state index in [4.69, 9.17) is 20.9 Å². The number of rotatable bonds is 10. The number of ether oxygens (including phenoxy) is 2. The maximum Gasteiger partial charge on any atom is 0.232 e. The van der Waals surface area contributed by atoms with Crippen LogP contribution in [0.4, 0.5) is 35.2 Å². The lowest BCUT2D eigenvalue weighted by atomic mass is 10.2. The molecule has 0 saturated heterocycles. The van der Waals surface area contributed by atoms with Crippen LogP contribution >= 0.6 is 0 Å². The van der Waals surface area contributed by atoms with E-state index in [-0.39, 0.29) is 18.7 Å². The highest BCUT2D eigenvalue weighted by Crippen LogP contribution is 2.33. The van der Waals surface area contributed by atoms with Crippen LogP contribution < -0.4 is 31.6 Å². The van der Waals surface area contributed by atoms with Crippen LogP contribution in [0.25, 0.3) is 0 Å². The second-order valence-electron chi connectivity index (χ2n) is 10.1. The minimum absolute atomic E-state index is 0.109. The maximum absolute atomic E-state index is 6.11. The molecule has 1 aliphatic heterocycles. The number of hydrogen-bond acceptors (Lipinski definition) is 13. The Labute approximate surface area is 248 Å². The van der Waals surface area contributed by atoms with Crippen molar-refractivity contribution in [2.45, 2.75) is 33.5 Å². The third kappa shape index (κ3) is 6.85. The van der Waals surface area contributed by atoms with Crippen molar-refractivity contribution in [3.05, 3.63) is 95.1 Å². The molecule has 0 radical (unpaired) electrons. The van der Waals surface area contributed by atoms with Gasteiger partial charge in [0.15, 0.2) is 11.5 Å². The molecule has 13 heteroatoms. The van der Waals surface area contributed by atoms with E-state index in [9.17, 15) is 0 Å². The van der Waals surface area contributed by atoms with Crippen molar-refractivity contribution in [1.29, 1.82) is 0 Å². The van der Waals surface area contributed by atoms with E-state index in [1.807, 2.05) is 80.6 Å². The summed E-state index contributed by atoms with van der Waals surface area (Å²) in [5.74, 6) is 3.29. The summed E-state index contributed by atoms with van der Waals surface area (Å²) in [7, 11) is 0. The molecule has 43 heavy (non-hydrogen) atoms. The normalized spacial score (nSPS) is 12.0. The van der Waals surface area contributed by atoms with Crippen molar-refractivity contribution in [2.75, 3.05) is 28.9 Å². The lowest BCUT2D eigenvalue weighted by Gasteiger charge is -2.22. The Morgan fingerprint density at radius 2 is 1.19 bits per heavy atom. The number of nitrogens with one attached hydrogen (secondary N) is 2. The SMILES string of the molecule is Cc1ccccc1Nc1nc(N)nc(CN(Cc2ccc3c(c2)OCO3)Cc2nc(N)nc(Nc3ccccc3C)n2)n1. The molecule has 0 saturated carbocycles. The highest BCUT2D eigenvalue weighted by molar-refractivity contribution is 5.59. The highest BCUT2D eigenvalue weighted by Gasteiger charge is 2.18. The first kappa shape index (κ1) is 27.6. The number of aromatic nitrogens is 6. The topological polar surface area (TPSA) is 175 Å². The van der Waals surface area contributed by atoms with E-state index in [1.54, 1.807) is 0 Å². The number of hydrogen-bond donors (Lipinski definition) is 4. The molecule has 0 amide bonds. The zero-order chi connectivity index (χ0) is 29.8. The summed E-state index contributed by atoms with van der Waals surface area (Å²) in [6.07, 6.45) is 0. The van der Waals surface area contributed by atoms with Crippen LogP contribution in [0.5, 0.6) is 11.5 Å². The predicted molar refractivity (Wildman–Crippen MR) is 163 cm³/mol. The van der Waals surface area contributed by atoms with Crippen molar-refractivity contribution in [1.82, 2.24) is 34.8 Å². The Bertz CT molecular complexity index is 1670. The zero-order valence-electron chi connectivity index (χ0n) is 23.8. The Morgan fingerprint density at radius 1 is 0.651 bits per heavy atom. The van der Waals surface area contributed by atoms with Crippen LogP contribution in [0.3, 0.4) is 0 Å². The van der Waals surface area contributed by atoms with Gasteiger partial charge in [0.25, 0.3) is 0 Å². The van der Waals surface area contributed by atoms with Gasteiger partial charge in [-0.3, -0.25) is 4.90 Å². The number of aryl methyl sites for hydroxylation is 2. The first-order chi connectivity index (χ1) is 20.9. The van der Waals surface area contributed by atoms with Crippen molar-refractivity contribution in [3.63, 3.8) is 0 Å². The molecule has 6 rings (SSSR count). The van der Waals surface area contributed by atoms with E-state index < -0.39 is 0 Å². The number of benzene rings is 3. The summed E-state index contributed by atoms with van der Waals surface area (Å²) in [6, 6.07) is 21.6. The minimum Gasteiger partial charge on any atom is -0.454 e. The molecule has 6 N–H and O–H groups in total. The van der Waals surface area contributed by atoms with Crippen LogP contribution in [0.1, 0.15) is 28.3 Å². The molecule has 0 atom stereocenters. The number of para-hydroxylation sites is 2. The van der Waals surface area contributed by atoms with Gasteiger partial charge in [-0.25, -0.2) is 0 Å². The van der Waals surface area contributed by atoms with Gasteiger partial charge in [-0.2, -0.15) is 29.9 Å². The van der Waals surface area contributed by atoms with Crippen LogP contribution in [0.15, 0.2) is 66.7 Å². The minimum atomic E-state index is 0.109. The van der Waals surface area contributed by atoms with Crippen LogP contribution in [0.2, 0.25) is 0 Å². The fraction of sp³-hybridized carbons (Fsp3) is 0.200. The van der Waals surface area contributed by atoms with Gasteiger partial charge in [0, 0.05) is 17.9 Å². The van der Waals surface area contributed by atoms with E-state index >= 15 is 0 Å². The van der Waals surface area contributed by atoms with Gasteiger partial charge in [-0.1, -0.05) is 42.5 Å². The second-order valence-corrected chi connectivity index (χ2v) is 10.1. The standard InChI is InChI=1S/C30H31N11O2/c1-18-7-3-5-9-21(18)33-29-37-25(35-27(31)39-29)15-41(14-20-11-12-23-24(13-20)43-17-42-23)16-26-36-28(32)40-30(38-26)34-22-10-6-4-8-19(22)2/h3-13H,14-17H2,1-2H3,(H3,31,33,35,37,39)(H3,32,34,36,38,40). The molecule has 0 aliphatic carbocycles. The number of nitrogens with two attached hydrogens (primary N) is 2. The van der Waals surface area contributed by atoms with Crippen LogP contribution in [-0.2, 0) is 19.6 Å². The highest BCUT2D eigenvalue weighted by atomic mass is 16.7. The quantitative estimate of drug-likeness (QED) is 0.185. The molecular weight excluding hydrogens is 546 g/mol. The summed E-state index contributed by atoms with van der Waals surface area (Å²) in [5, 5.41) is 6.50. The molecule has 5 aromatic rings. The summed E-state index contributed by atoms with van der Waals surface area (Å²) >= 11 is 0. The van der Waals surface area contributed by atoms with E-state index in [1.165, 1.54) is 0 Å². The molecule has 0 fully saturated rings. The third-order valence-corrected chi connectivity index (χ3v) is 6.75. The van der Waals surface area contributed by atoms with Gasteiger partial charge in [0.05, 0.1) is 13.1 Å².